The van der Waals surface area contributed by atoms with E-state index in [9.17, 15) is 13.2 Å². The SMILES string of the molecule is CCN1CC(N2CCc3cc(-c4cn(Cc5ccc(-c6nnc(C(F)F)o6)cc5F)nn4)ccc3C2)C1. The molecule has 2 aliphatic heterocycles. The molecule has 0 unspecified atom stereocenters. The summed E-state index contributed by atoms with van der Waals surface area (Å²) in [6.45, 7) is 7.85. The van der Waals surface area contributed by atoms with Crippen molar-refractivity contribution < 1.29 is 17.6 Å². The summed E-state index contributed by atoms with van der Waals surface area (Å²) in [5, 5.41) is 15.3. The highest BCUT2D eigenvalue weighted by Gasteiger charge is 2.32. The van der Waals surface area contributed by atoms with Crippen molar-refractivity contribution >= 4 is 0 Å². The molecule has 8 nitrogen and oxygen atoms in total. The van der Waals surface area contributed by atoms with Gasteiger partial charge in [-0.15, -0.1) is 15.3 Å². The lowest BCUT2D eigenvalue weighted by Crippen LogP contribution is -2.59. The van der Waals surface area contributed by atoms with Crippen LogP contribution in [0, 0.1) is 5.82 Å². The van der Waals surface area contributed by atoms with Gasteiger partial charge in [-0.05, 0) is 42.3 Å². The molecule has 2 aromatic carbocycles. The summed E-state index contributed by atoms with van der Waals surface area (Å²) in [4.78, 5) is 5.05. The molecule has 0 atom stereocenters. The number of hydrogen-bond acceptors (Lipinski definition) is 7. The molecule has 0 amide bonds. The Balaban J connectivity index is 1.13. The molecule has 1 saturated heterocycles. The Hall–Kier alpha value is -3.57. The van der Waals surface area contributed by atoms with Crippen molar-refractivity contribution in [3.63, 3.8) is 0 Å². The van der Waals surface area contributed by atoms with Crippen molar-refractivity contribution in [3.05, 3.63) is 71.0 Å². The van der Waals surface area contributed by atoms with Gasteiger partial charge in [0.1, 0.15) is 11.5 Å². The van der Waals surface area contributed by atoms with Gasteiger partial charge in [0.15, 0.2) is 0 Å². The van der Waals surface area contributed by atoms with Crippen LogP contribution in [0.3, 0.4) is 0 Å². The number of aromatic nitrogens is 5. The van der Waals surface area contributed by atoms with Gasteiger partial charge in [0.05, 0.1) is 12.7 Å². The topological polar surface area (TPSA) is 76.1 Å². The molecule has 6 rings (SSSR count). The fraction of sp³-hybridized carbons (Fsp3) is 0.385. The van der Waals surface area contributed by atoms with Crippen LogP contribution >= 0.6 is 0 Å². The third-order valence-corrected chi connectivity index (χ3v) is 7.24. The van der Waals surface area contributed by atoms with Crippen LogP contribution in [0.1, 0.15) is 35.9 Å². The molecule has 0 saturated carbocycles. The van der Waals surface area contributed by atoms with Gasteiger partial charge in [0.25, 0.3) is 5.89 Å². The van der Waals surface area contributed by atoms with Gasteiger partial charge in [0, 0.05) is 48.9 Å². The number of halogens is 3. The third kappa shape index (κ3) is 4.76. The monoisotopic (exact) mass is 509 g/mol. The van der Waals surface area contributed by atoms with E-state index in [4.69, 9.17) is 4.42 Å². The third-order valence-electron chi connectivity index (χ3n) is 7.24. The van der Waals surface area contributed by atoms with E-state index in [1.165, 1.54) is 17.2 Å². The molecule has 2 aromatic heterocycles. The molecule has 0 radical (unpaired) electrons. The van der Waals surface area contributed by atoms with E-state index in [2.05, 4.69) is 55.4 Å². The fourth-order valence-corrected chi connectivity index (χ4v) is 5.01. The van der Waals surface area contributed by atoms with Gasteiger partial charge in [0.2, 0.25) is 5.89 Å². The van der Waals surface area contributed by atoms with Gasteiger partial charge < -0.3 is 9.32 Å². The molecule has 11 heteroatoms. The smallest absolute Gasteiger partial charge is 0.314 e. The molecule has 1 fully saturated rings. The van der Waals surface area contributed by atoms with Crippen molar-refractivity contribution in [3.8, 4) is 22.7 Å². The Morgan fingerprint density at radius 3 is 2.62 bits per heavy atom. The number of fused-ring (bicyclic) bond motifs is 1. The van der Waals surface area contributed by atoms with Crippen LogP contribution in [-0.2, 0) is 19.5 Å². The van der Waals surface area contributed by atoms with Crippen LogP contribution in [0.15, 0.2) is 47.0 Å². The maximum Gasteiger partial charge on any atom is 0.314 e. The van der Waals surface area contributed by atoms with Crippen LogP contribution in [0.5, 0.6) is 0 Å². The summed E-state index contributed by atoms with van der Waals surface area (Å²) in [6.07, 6.45) is -0.0719. The number of alkyl halides is 2. The van der Waals surface area contributed by atoms with Crippen LogP contribution in [0.2, 0.25) is 0 Å². The summed E-state index contributed by atoms with van der Waals surface area (Å²) in [7, 11) is 0. The fourth-order valence-electron chi connectivity index (χ4n) is 5.01. The lowest BCUT2D eigenvalue weighted by molar-refractivity contribution is 0.0296. The van der Waals surface area contributed by atoms with Gasteiger partial charge in [-0.3, -0.25) is 4.90 Å². The van der Waals surface area contributed by atoms with Crippen LogP contribution in [0.25, 0.3) is 22.7 Å². The maximum absolute atomic E-state index is 14.8. The summed E-state index contributed by atoms with van der Waals surface area (Å²) in [5.74, 6) is -1.48. The average Bonchev–Trinajstić information content (AvgIpc) is 3.55. The van der Waals surface area contributed by atoms with E-state index in [1.807, 2.05) is 0 Å². The van der Waals surface area contributed by atoms with Crippen molar-refractivity contribution in [2.24, 2.45) is 0 Å². The summed E-state index contributed by atoms with van der Waals surface area (Å²) >= 11 is 0. The number of likely N-dealkylation sites (N-methyl/N-ethyl adjacent to an activating group) is 1. The molecule has 37 heavy (non-hydrogen) atoms. The first-order chi connectivity index (χ1) is 18.0. The zero-order valence-corrected chi connectivity index (χ0v) is 20.3. The van der Waals surface area contributed by atoms with Crippen LogP contribution in [0.4, 0.5) is 13.2 Å². The maximum atomic E-state index is 14.8. The lowest BCUT2D eigenvalue weighted by Gasteiger charge is -2.46. The molecular weight excluding hydrogens is 483 g/mol. The minimum absolute atomic E-state index is 0.157. The van der Waals surface area contributed by atoms with E-state index in [0.29, 0.717) is 11.6 Å². The first kappa shape index (κ1) is 23.8. The molecule has 0 N–H and O–H groups in total. The van der Waals surface area contributed by atoms with Crippen molar-refractivity contribution in [1.29, 1.82) is 0 Å². The van der Waals surface area contributed by atoms with Crippen molar-refractivity contribution in [1.82, 2.24) is 35.0 Å². The first-order valence-electron chi connectivity index (χ1n) is 12.4. The first-order valence-corrected chi connectivity index (χ1v) is 12.4. The molecule has 0 spiro atoms. The normalized spacial score (nSPS) is 16.8. The predicted molar refractivity (Wildman–Crippen MR) is 129 cm³/mol. The number of rotatable bonds is 7. The summed E-state index contributed by atoms with van der Waals surface area (Å²) < 4.78 is 46.6. The molecule has 0 bridgehead atoms. The molecule has 2 aliphatic rings. The standard InChI is InChI=1S/C26H26F3N7O/c1-2-34-13-21(14-34)35-8-7-16-9-17(3-5-19(16)11-35)23-15-36(33-30-23)12-20-6-4-18(10-22(20)27)25-31-32-26(37-25)24(28)29/h3-6,9-10,15,21,24H,2,7-8,11-14H2,1H3. The van der Waals surface area contributed by atoms with Gasteiger partial charge in [-0.25, -0.2) is 9.07 Å². The highest BCUT2D eigenvalue weighted by molar-refractivity contribution is 5.60. The Morgan fingerprint density at radius 2 is 1.86 bits per heavy atom. The number of hydrogen-bond donors (Lipinski definition) is 0. The number of nitrogens with zero attached hydrogens (tertiary/aromatic N) is 7. The zero-order chi connectivity index (χ0) is 25.5. The quantitative estimate of drug-likeness (QED) is 0.370. The van der Waals surface area contributed by atoms with E-state index < -0.39 is 18.1 Å². The molecular formula is C26H26F3N7O. The molecule has 192 valence electrons. The summed E-state index contributed by atoms with van der Waals surface area (Å²) in [5.41, 5.74) is 5.02. The number of benzene rings is 2. The van der Waals surface area contributed by atoms with E-state index in [-0.39, 0.29) is 18.0 Å². The van der Waals surface area contributed by atoms with Crippen molar-refractivity contribution in [2.75, 3.05) is 26.2 Å². The largest absolute Gasteiger partial charge is 0.415 e. The van der Waals surface area contributed by atoms with Crippen LogP contribution in [-0.4, -0.2) is 67.2 Å². The highest BCUT2D eigenvalue weighted by Crippen LogP contribution is 2.29. The zero-order valence-electron chi connectivity index (χ0n) is 20.3. The second-order valence-electron chi connectivity index (χ2n) is 9.56. The Bertz CT molecular complexity index is 1410. The van der Waals surface area contributed by atoms with E-state index in [1.54, 1.807) is 23.0 Å². The van der Waals surface area contributed by atoms with E-state index in [0.717, 1.165) is 50.4 Å². The molecule has 4 heterocycles. The summed E-state index contributed by atoms with van der Waals surface area (Å²) in [6, 6.07) is 11.4. The molecule has 4 aromatic rings. The Morgan fingerprint density at radius 1 is 1.03 bits per heavy atom. The average molecular weight is 510 g/mol. The lowest BCUT2D eigenvalue weighted by atomic mass is 9.94. The van der Waals surface area contributed by atoms with E-state index >= 15 is 0 Å². The van der Waals surface area contributed by atoms with Crippen LogP contribution < -0.4 is 0 Å². The predicted octanol–water partition coefficient (Wildman–Crippen LogP) is 4.18. The Kier molecular flexibility index (Phi) is 6.25. The number of likely N-dealkylation sites (tertiary alicyclic amines) is 1. The minimum Gasteiger partial charge on any atom is -0.415 e. The second kappa shape index (κ2) is 9.71. The second-order valence-corrected chi connectivity index (χ2v) is 9.56. The Labute approximate surface area is 211 Å². The van der Waals surface area contributed by atoms with Crippen molar-refractivity contribution in [2.45, 2.75) is 38.9 Å². The van der Waals surface area contributed by atoms with Gasteiger partial charge in [-0.1, -0.05) is 30.3 Å². The van der Waals surface area contributed by atoms with Gasteiger partial charge >= 0.3 is 6.43 Å². The minimum atomic E-state index is -2.88. The molecule has 0 aliphatic carbocycles. The highest BCUT2D eigenvalue weighted by atomic mass is 19.3. The van der Waals surface area contributed by atoms with Gasteiger partial charge in [-0.2, -0.15) is 8.78 Å².